The Morgan fingerprint density at radius 1 is 1.47 bits per heavy atom. The number of alkyl halides is 2. The SMILES string of the molecule is NS(=O)(=O)c1cc(F)c(Cl)nc1C(F)F. The molecule has 0 aliphatic heterocycles. The minimum absolute atomic E-state index is 0.312. The van der Waals surface area contributed by atoms with Crippen LogP contribution in [0.3, 0.4) is 0 Å². The predicted molar refractivity (Wildman–Crippen MR) is 45.5 cm³/mol. The van der Waals surface area contributed by atoms with Crippen LogP contribution in [-0.4, -0.2) is 13.4 Å². The summed E-state index contributed by atoms with van der Waals surface area (Å²) in [6, 6.07) is 0.312. The Balaban J connectivity index is 3.56. The second kappa shape index (κ2) is 3.95. The number of nitrogens with zero attached hydrogens (tertiary/aromatic N) is 1. The summed E-state index contributed by atoms with van der Waals surface area (Å²) in [7, 11) is -4.46. The lowest BCUT2D eigenvalue weighted by Crippen LogP contribution is -2.16. The van der Waals surface area contributed by atoms with E-state index in [4.69, 9.17) is 11.6 Å². The molecule has 0 saturated carbocycles. The Morgan fingerprint density at radius 3 is 2.40 bits per heavy atom. The van der Waals surface area contributed by atoms with Crippen LogP contribution < -0.4 is 5.14 Å². The molecule has 1 aromatic rings. The predicted octanol–water partition coefficient (Wildman–Crippen LogP) is 1.46. The quantitative estimate of drug-likeness (QED) is 0.818. The van der Waals surface area contributed by atoms with Gasteiger partial charge in [0.2, 0.25) is 10.0 Å². The molecule has 1 aromatic heterocycles. The Kier molecular flexibility index (Phi) is 3.22. The second-order valence-electron chi connectivity index (χ2n) is 2.49. The molecule has 9 heteroatoms. The Labute approximate surface area is 87.9 Å². The van der Waals surface area contributed by atoms with Crippen molar-refractivity contribution in [1.29, 1.82) is 0 Å². The van der Waals surface area contributed by atoms with Gasteiger partial charge in [0.05, 0.1) is 0 Å². The average molecular weight is 261 g/mol. The molecule has 0 fully saturated rings. The highest BCUT2D eigenvalue weighted by molar-refractivity contribution is 7.89. The number of aromatic nitrogens is 1. The molecule has 0 aliphatic carbocycles. The van der Waals surface area contributed by atoms with Crippen LogP contribution in [0.15, 0.2) is 11.0 Å². The third-order valence-electron chi connectivity index (χ3n) is 1.44. The summed E-state index contributed by atoms with van der Waals surface area (Å²) in [5.41, 5.74) is -1.16. The number of pyridine rings is 1. The van der Waals surface area contributed by atoms with Crippen molar-refractivity contribution in [1.82, 2.24) is 4.98 Å². The van der Waals surface area contributed by atoms with Crippen molar-refractivity contribution >= 4 is 21.6 Å². The molecule has 1 rings (SSSR count). The van der Waals surface area contributed by atoms with E-state index in [1.807, 2.05) is 0 Å². The first-order valence-corrected chi connectivity index (χ1v) is 5.33. The monoisotopic (exact) mass is 260 g/mol. The molecule has 0 radical (unpaired) electrons. The summed E-state index contributed by atoms with van der Waals surface area (Å²) in [5, 5.41) is 3.77. The molecule has 1 heterocycles. The smallest absolute Gasteiger partial charge is 0.231 e. The maximum absolute atomic E-state index is 12.8. The van der Waals surface area contributed by atoms with Crippen LogP contribution in [0, 0.1) is 5.82 Å². The van der Waals surface area contributed by atoms with Gasteiger partial charge in [0.1, 0.15) is 10.6 Å². The number of halogens is 4. The summed E-state index contributed by atoms with van der Waals surface area (Å²) in [4.78, 5) is 1.85. The van der Waals surface area contributed by atoms with Crippen molar-refractivity contribution in [2.45, 2.75) is 11.3 Å². The molecule has 0 saturated heterocycles. The van der Waals surface area contributed by atoms with Gasteiger partial charge in [-0.05, 0) is 6.07 Å². The summed E-state index contributed by atoms with van der Waals surface area (Å²) >= 11 is 5.12. The molecule has 0 spiro atoms. The zero-order valence-corrected chi connectivity index (χ0v) is 8.49. The number of primary sulfonamides is 1. The van der Waals surface area contributed by atoms with E-state index in [-0.39, 0.29) is 0 Å². The molecular formula is C6H4ClF3N2O2S. The van der Waals surface area contributed by atoms with E-state index >= 15 is 0 Å². The van der Waals surface area contributed by atoms with Crippen molar-refractivity contribution in [2.24, 2.45) is 5.14 Å². The zero-order valence-electron chi connectivity index (χ0n) is 6.92. The van der Waals surface area contributed by atoms with Crippen molar-refractivity contribution in [2.75, 3.05) is 0 Å². The van der Waals surface area contributed by atoms with E-state index in [1.165, 1.54) is 0 Å². The Morgan fingerprint density at radius 2 is 2.00 bits per heavy atom. The molecule has 0 bridgehead atoms. The van der Waals surface area contributed by atoms with Crippen molar-refractivity contribution in [3.8, 4) is 0 Å². The lowest BCUT2D eigenvalue weighted by atomic mass is 10.3. The van der Waals surface area contributed by atoms with E-state index in [9.17, 15) is 21.6 Å². The number of hydrogen-bond donors (Lipinski definition) is 1. The molecule has 0 aromatic carbocycles. The molecule has 0 unspecified atom stereocenters. The Hall–Kier alpha value is -0.860. The van der Waals surface area contributed by atoms with Gasteiger partial charge in [0, 0.05) is 0 Å². The topological polar surface area (TPSA) is 73.1 Å². The standard InChI is InChI=1S/C6H4ClF3N2O2S/c7-5-2(8)1-3(15(11,13)14)4(12-5)6(9)10/h1,6H,(H2,11,13,14). The fourth-order valence-corrected chi connectivity index (χ4v) is 1.69. The van der Waals surface area contributed by atoms with Gasteiger partial charge in [-0.1, -0.05) is 11.6 Å². The van der Waals surface area contributed by atoms with E-state index in [0.29, 0.717) is 6.07 Å². The molecule has 0 amide bonds. The fraction of sp³-hybridized carbons (Fsp3) is 0.167. The molecule has 4 nitrogen and oxygen atoms in total. The van der Waals surface area contributed by atoms with Gasteiger partial charge >= 0.3 is 0 Å². The lowest BCUT2D eigenvalue weighted by Gasteiger charge is -2.06. The van der Waals surface area contributed by atoms with Crippen molar-refractivity contribution in [3.05, 3.63) is 22.7 Å². The maximum Gasteiger partial charge on any atom is 0.281 e. The third kappa shape index (κ3) is 2.58. The normalized spacial score (nSPS) is 12.1. The molecule has 0 aliphatic rings. The number of hydrogen-bond acceptors (Lipinski definition) is 3. The maximum atomic E-state index is 12.8. The van der Waals surface area contributed by atoms with Gasteiger partial charge in [-0.2, -0.15) is 0 Å². The van der Waals surface area contributed by atoms with Gasteiger partial charge in [-0.25, -0.2) is 31.7 Å². The Bertz CT molecular complexity index is 491. The number of rotatable bonds is 2. The third-order valence-corrected chi connectivity index (χ3v) is 2.64. The molecule has 0 atom stereocenters. The molecule has 15 heavy (non-hydrogen) atoms. The first-order chi connectivity index (χ1) is 6.73. The zero-order chi connectivity index (χ0) is 11.8. The largest absolute Gasteiger partial charge is 0.281 e. The van der Waals surface area contributed by atoms with Crippen molar-refractivity contribution < 1.29 is 21.6 Å². The second-order valence-corrected chi connectivity index (χ2v) is 4.38. The number of nitrogens with two attached hydrogens (primary N) is 1. The van der Waals surface area contributed by atoms with Crippen LogP contribution in [-0.2, 0) is 10.0 Å². The highest BCUT2D eigenvalue weighted by atomic mass is 35.5. The van der Waals surface area contributed by atoms with E-state index in [1.54, 1.807) is 0 Å². The molecule has 84 valence electrons. The summed E-state index contributed by atoms with van der Waals surface area (Å²) < 4.78 is 59.0. The van der Waals surface area contributed by atoms with Crippen LogP contribution in [0.4, 0.5) is 13.2 Å². The van der Waals surface area contributed by atoms with Gasteiger partial charge in [-0.3, -0.25) is 0 Å². The van der Waals surface area contributed by atoms with Gasteiger partial charge in [0.15, 0.2) is 11.0 Å². The van der Waals surface area contributed by atoms with Crippen molar-refractivity contribution in [3.63, 3.8) is 0 Å². The van der Waals surface area contributed by atoms with Crippen LogP contribution in [0.1, 0.15) is 12.1 Å². The highest BCUT2D eigenvalue weighted by Crippen LogP contribution is 2.27. The van der Waals surface area contributed by atoms with Crippen LogP contribution in [0.25, 0.3) is 0 Å². The first kappa shape index (κ1) is 12.2. The lowest BCUT2D eigenvalue weighted by molar-refractivity contribution is 0.142. The van der Waals surface area contributed by atoms with Gasteiger partial charge < -0.3 is 0 Å². The average Bonchev–Trinajstić information content (AvgIpc) is 2.06. The van der Waals surface area contributed by atoms with Crippen LogP contribution in [0.2, 0.25) is 5.15 Å². The highest BCUT2D eigenvalue weighted by Gasteiger charge is 2.24. The minimum atomic E-state index is -4.46. The summed E-state index contributed by atoms with van der Waals surface area (Å²) in [6.07, 6.45) is -3.21. The molecule has 2 N–H and O–H groups in total. The van der Waals surface area contributed by atoms with E-state index in [0.717, 1.165) is 0 Å². The minimum Gasteiger partial charge on any atom is -0.231 e. The van der Waals surface area contributed by atoms with Gasteiger partial charge in [0.25, 0.3) is 6.43 Å². The van der Waals surface area contributed by atoms with Crippen LogP contribution >= 0.6 is 11.6 Å². The van der Waals surface area contributed by atoms with Gasteiger partial charge in [-0.15, -0.1) is 0 Å². The molecular weight excluding hydrogens is 257 g/mol. The fourth-order valence-electron chi connectivity index (χ4n) is 0.847. The summed E-state index contributed by atoms with van der Waals surface area (Å²) in [5.74, 6) is -1.23. The summed E-state index contributed by atoms with van der Waals surface area (Å²) in [6.45, 7) is 0. The van der Waals surface area contributed by atoms with E-state index < -0.39 is 38.0 Å². The first-order valence-electron chi connectivity index (χ1n) is 3.40. The van der Waals surface area contributed by atoms with Crippen LogP contribution in [0.5, 0.6) is 0 Å². The number of sulfonamides is 1. The van der Waals surface area contributed by atoms with E-state index in [2.05, 4.69) is 10.1 Å².